The topological polar surface area (TPSA) is 118 Å². The second kappa shape index (κ2) is 11.3. The molecule has 39 heavy (non-hydrogen) atoms. The van der Waals surface area contributed by atoms with Crippen LogP contribution in [0.1, 0.15) is 53.7 Å². The number of hydrogen-bond donors (Lipinski definition) is 3. The van der Waals surface area contributed by atoms with E-state index in [-0.39, 0.29) is 24.5 Å². The van der Waals surface area contributed by atoms with Crippen LogP contribution in [0.15, 0.2) is 18.5 Å². The number of amides is 2. The van der Waals surface area contributed by atoms with Crippen molar-refractivity contribution in [3.8, 4) is 17.0 Å². The van der Waals surface area contributed by atoms with E-state index in [2.05, 4.69) is 25.6 Å². The standard InChI is InChI=1S/C28H33F2N5O4/c1-14-4-9-20(39-11-16-5-6-16)23(24(14)30)26-27-25(31-13-32-26)22(15(2)33-27)28(37)34-17-7-8-19(18(29)10-17)35-21(36)12-38-3/h4,9,13,16-19,33H,5-8,10-12H2,1-3H3,(H,34,37)(H,35,36). The summed E-state index contributed by atoms with van der Waals surface area (Å²) >= 11 is 0. The number of carbonyl (C=O) groups excluding carboxylic acids is 2. The third-order valence-electron chi connectivity index (χ3n) is 7.43. The molecule has 3 aromatic rings. The minimum absolute atomic E-state index is 0.0709. The Hall–Kier alpha value is -3.60. The third-order valence-corrected chi connectivity index (χ3v) is 7.43. The van der Waals surface area contributed by atoms with Crippen molar-refractivity contribution in [2.75, 3.05) is 20.3 Å². The van der Waals surface area contributed by atoms with Crippen molar-refractivity contribution in [2.45, 2.75) is 64.2 Å². The number of nitrogens with one attached hydrogen (secondary N) is 3. The van der Waals surface area contributed by atoms with Crippen LogP contribution in [0.3, 0.4) is 0 Å². The number of aryl methyl sites for hydroxylation is 2. The van der Waals surface area contributed by atoms with Gasteiger partial charge in [0.2, 0.25) is 5.91 Å². The molecule has 11 heteroatoms. The molecule has 2 aliphatic rings. The fourth-order valence-corrected chi connectivity index (χ4v) is 5.13. The summed E-state index contributed by atoms with van der Waals surface area (Å²) in [5, 5.41) is 5.56. The van der Waals surface area contributed by atoms with E-state index in [4.69, 9.17) is 9.47 Å². The van der Waals surface area contributed by atoms with Crippen LogP contribution in [0, 0.1) is 25.6 Å². The van der Waals surface area contributed by atoms with Crippen molar-refractivity contribution in [1.82, 2.24) is 25.6 Å². The molecule has 2 aromatic heterocycles. The van der Waals surface area contributed by atoms with Crippen LogP contribution in [-0.2, 0) is 9.53 Å². The Kier molecular flexibility index (Phi) is 7.79. The normalized spacial score (nSPS) is 21.1. The van der Waals surface area contributed by atoms with Crippen LogP contribution in [0.4, 0.5) is 8.78 Å². The van der Waals surface area contributed by atoms with Gasteiger partial charge < -0.3 is 25.1 Å². The number of halogens is 2. The highest BCUT2D eigenvalue weighted by Crippen LogP contribution is 2.39. The molecule has 3 unspecified atom stereocenters. The maximum atomic E-state index is 15.5. The fraction of sp³-hybridized carbons (Fsp3) is 0.500. The zero-order valence-corrected chi connectivity index (χ0v) is 22.3. The molecule has 208 valence electrons. The molecule has 1 aromatic carbocycles. The lowest BCUT2D eigenvalue weighted by atomic mass is 9.89. The van der Waals surface area contributed by atoms with Gasteiger partial charge in [-0.2, -0.15) is 0 Å². The number of nitrogens with zero attached hydrogens (tertiary/aromatic N) is 2. The molecule has 0 saturated heterocycles. The molecule has 9 nitrogen and oxygen atoms in total. The number of ether oxygens (including phenoxy) is 2. The Balaban J connectivity index is 1.38. The van der Waals surface area contributed by atoms with Crippen LogP contribution in [0.5, 0.6) is 5.75 Å². The van der Waals surface area contributed by atoms with E-state index in [1.165, 1.54) is 13.4 Å². The maximum absolute atomic E-state index is 15.5. The van der Waals surface area contributed by atoms with Gasteiger partial charge in [-0.25, -0.2) is 18.7 Å². The first-order valence-corrected chi connectivity index (χ1v) is 13.3. The predicted molar refractivity (Wildman–Crippen MR) is 141 cm³/mol. The summed E-state index contributed by atoms with van der Waals surface area (Å²) < 4.78 is 41.1. The molecule has 2 fully saturated rings. The van der Waals surface area contributed by atoms with Gasteiger partial charge in [0, 0.05) is 25.3 Å². The zero-order chi connectivity index (χ0) is 27.7. The number of hydrogen-bond acceptors (Lipinski definition) is 6. The van der Waals surface area contributed by atoms with Gasteiger partial charge in [-0.3, -0.25) is 9.59 Å². The Morgan fingerprint density at radius 3 is 2.64 bits per heavy atom. The summed E-state index contributed by atoms with van der Waals surface area (Å²) in [6, 6.07) is 2.39. The van der Waals surface area contributed by atoms with E-state index in [1.54, 1.807) is 26.0 Å². The minimum atomic E-state index is -1.30. The van der Waals surface area contributed by atoms with Gasteiger partial charge in [0.1, 0.15) is 41.9 Å². The number of benzene rings is 1. The number of aromatic amines is 1. The summed E-state index contributed by atoms with van der Waals surface area (Å²) in [5.74, 6) is -0.339. The summed E-state index contributed by atoms with van der Waals surface area (Å²) in [7, 11) is 1.40. The van der Waals surface area contributed by atoms with Crippen molar-refractivity contribution < 1.29 is 27.8 Å². The second-order valence-corrected chi connectivity index (χ2v) is 10.5. The number of aromatic nitrogens is 3. The highest BCUT2D eigenvalue weighted by molar-refractivity contribution is 6.09. The molecule has 2 saturated carbocycles. The molecule has 5 rings (SSSR count). The predicted octanol–water partition coefficient (Wildman–Crippen LogP) is 3.92. The average Bonchev–Trinajstić information content (AvgIpc) is 3.66. The number of carbonyl (C=O) groups is 2. The summed E-state index contributed by atoms with van der Waals surface area (Å²) in [4.78, 5) is 37.1. The number of alkyl halides is 1. The first-order chi connectivity index (χ1) is 18.8. The quantitative estimate of drug-likeness (QED) is 0.378. The van der Waals surface area contributed by atoms with E-state index in [0.717, 1.165) is 12.8 Å². The SMILES string of the molecule is COCC(=O)NC1CCC(NC(=O)c2c(C)[nH]c3c(-c4c(OCC5CC5)ccc(C)c4F)ncnc23)CC1F. The van der Waals surface area contributed by atoms with E-state index < -0.39 is 30.0 Å². The van der Waals surface area contributed by atoms with E-state index >= 15 is 4.39 Å². The largest absolute Gasteiger partial charge is 0.492 e. The molecule has 2 heterocycles. The minimum Gasteiger partial charge on any atom is -0.492 e. The van der Waals surface area contributed by atoms with E-state index in [0.29, 0.717) is 64.7 Å². The van der Waals surface area contributed by atoms with Crippen molar-refractivity contribution in [3.05, 3.63) is 41.1 Å². The number of H-pyrrole nitrogens is 1. The molecule has 0 aliphatic heterocycles. The third kappa shape index (κ3) is 5.73. The molecular weight excluding hydrogens is 508 g/mol. The summed E-state index contributed by atoms with van der Waals surface area (Å²) in [6.45, 7) is 3.79. The number of fused-ring (bicyclic) bond motifs is 1. The van der Waals surface area contributed by atoms with Crippen molar-refractivity contribution in [3.63, 3.8) is 0 Å². The van der Waals surface area contributed by atoms with Crippen LogP contribution < -0.4 is 15.4 Å². The van der Waals surface area contributed by atoms with Gasteiger partial charge in [-0.15, -0.1) is 0 Å². The molecular formula is C28H33F2N5O4. The van der Waals surface area contributed by atoms with Crippen LogP contribution in [-0.4, -0.2) is 65.3 Å². The molecule has 2 aliphatic carbocycles. The van der Waals surface area contributed by atoms with E-state index in [9.17, 15) is 14.0 Å². The Bertz CT molecular complexity index is 1390. The summed E-state index contributed by atoms with van der Waals surface area (Å²) in [6.07, 6.45) is 3.16. The Morgan fingerprint density at radius 1 is 1.13 bits per heavy atom. The lowest BCUT2D eigenvalue weighted by Crippen LogP contribution is -2.50. The highest BCUT2D eigenvalue weighted by Gasteiger charge is 2.33. The number of rotatable bonds is 9. The first-order valence-electron chi connectivity index (χ1n) is 13.3. The van der Waals surface area contributed by atoms with Gasteiger partial charge in [-0.1, -0.05) is 6.07 Å². The van der Waals surface area contributed by atoms with Gasteiger partial charge in [-0.05, 0) is 57.1 Å². The highest BCUT2D eigenvalue weighted by atomic mass is 19.1. The van der Waals surface area contributed by atoms with Crippen LogP contribution in [0.2, 0.25) is 0 Å². The monoisotopic (exact) mass is 541 g/mol. The first kappa shape index (κ1) is 27.0. The average molecular weight is 542 g/mol. The van der Waals surface area contributed by atoms with Crippen LogP contribution >= 0.6 is 0 Å². The Labute approximate surface area is 225 Å². The van der Waals surface area contributed by atoms with Gasteiger partial charge >= 0.3 is 0 Å². The van der Waals surface area contributed by atoms with E-state index in [1.807, 2.05) is 0 Å². The van der Waals surface area contributed by atoms with Gasteiger partial charge in [0.25, 0.3) is 5.91 Å². The Morgan fingerprint density at radius 2 is 1.92 bits per heavy atom. The second-order valence-electron chi connectivity index (χ2n) is 10.5. The molecule has 2 amide bonds. The van der Waals surface area contributed by atoms with Crippen molar-refractivity contribution in [2.24, 2.45) is 5.92 Å². The molecule has 0 bridgehead atoms. The van der Waals surface area contributed by atoms with Crippen molar-refractivity contribution >= 4 is 22.8 Å². The fourth-order valence-electron chi connectivity index (χ4n) is 5.13. The smallest absolute Gasteiger partial charge is 0.255 e. The molecule has 3 N–H and O–H groups in total. The lowest BCUT2D eigenvalue weighted by molar-refractivity contribution is -0.126. The summed E-state index contributed by atoms with van der Waals surface area (Å²) in [5.41, 5.74) is 2.60. The van der Waals surface area contributed by atoms with Gasteiger partial charge in [0.05, 0.1) is 29.3 Å². The zero-order valence-electron chi connectivity index (χ0n) is 22.3. The van der Waals surface area contributed by atoms with Crippen LogP contribution in [0.25, 0.3) is 22.3 Å². The van der Waals surface area contributed by atoms with Gasteiger partial charge in [0.15, 0.2) is 0 Å². The maximum Gasteiger partial charge on any atom is 0.255 e. The lowest BCUT2D eigenvalue weighted by Gasteiger charge is -2.32. The molecule has 0 radical (unpaired) electrons. The van der Waals surface area contributed by atoms with Crippen molar-refractivity contribution in [1.29, 1.82) is 0 Å². The molecule has 0 spiro atoms. The number of methoxy groups -OCH3 is 1. The molecule has 3 atom stereocenters.